The van der Waals surface area contributed by atoms with E-state index in [1.807, 2.05) is 0 Å². The topological polar surface area (TPSA) is 0 Å². The number of allylic oxidation sites excluding steroid dienone is 4. The molecule has 0 aliphatic heterocycles. The molecule has 37 heavy (non-hydrogen) atoms. The number of aryl methyl sites for hydroxylation is 2. The van der Waals surface area contributed by atoms with Gasteiger partial charge >= 0.3 is 21.7 Å². The van der Waals surface area contributed by atoms with E-state index in [-0.39, 0.29) is 35.1 Å². The van der Waals surface area contributed by atoms with Gasteiger partial charge in [0.2, 0.25) is 0 Å². The Balaban J connectivity index is 0.000000195. The molecule has 0 heterocycles. The summed E-state index contributed by atoms with van der Waals surface area (Å²) in [7, 11) is 0.0576. The average molecular weight is 541 g/mol. The summed E-state index contributed by atoms with van der Waals surface area (Å²) in [6, 6.07) is 34.4. The van der Waals surface area contributed by atoms with E-state index in [1.165, 1.54) is 43.9 Å². The third kappa shape index (κ3) is 9.30. The molecule has 2 heteroatoms. The summed E-state index contributed by atoms with van der Waals surface area (Å²) in [5.41, 5.74) is 7.22. The Morgan fingerprint density at radius 2 is 1.22 bits per heavy atom. The molecule has 0 saturated heterocycles. The molecule has 190 valence electrons. The summed E-state index contributed by atoms with van der Waals surface area (Å²) in [6.07, 6.45) is 5.69. The van der Waals surface area contributed by atoms with Crippen LogP contribution in [0.15, 0.2) is 114 Å². The minimum absolute atomic E-state index is 0. The van der Waals surface area contributed by atoms with Crippen molar-refractivity contribution in [3.8, 4) is 0 Å². The van der Waals surface area contributed by atoms with Gasteiger partial charge in [-0.3, -0.25) is 6.08 Å². The fourth-order valence-corrected chi connectivity index (χ4v) is 5.17. The van der Waals surface area contributed by atoms with Crippen LogP contribution in [-0.4, -0.2) is 13.3 Å². The number of fused-ring (bicyclic) bond motifs is 1. The summed E-state index contributed by atoms with van der Waals surface area (Å²) in [4.78, 5) is 0. The standard InChI is InChI=1S/C14H14.C11H12P.C10H15.Ti/c1-3-7-13(8-4-1)11-12-14-9-5-2-6-10-14;1-12(2)11-7-9-5-3-4-6-10(9)8-11;1-7-6-10(4,5)9(3)8(7)2;/h1-10H,11-12H2;3-8H,1-2H3;1-5H3;/q;2*-1;+2. The zero-order valence-electron chi connectivity index (χ0n) is 23.6. The molecule has 4 aromatic rings. The van der Waals surface area contributed by atoms with Crippen LogP contribution >= 0.6 is 7.92 Å². The first-order valence-corrected chi connectivity index (χ1v) is 15.1. The molecule has 1 aliphatic rings. The molecule has 0 N–H and O–H groups in total. The SMILES string of the molecule is CC1=[C-]C(C)(C)C(C)=C1C.CP(C)c1cc2ccccc2[cH-]1.[Ti+2].c1ccc(CCc2ccccc2)cc1. The maximum Gasteiger partial charge on any atom is 2.00 e. The quantitative estimate of drug-likeness (QED) is 0.137. The molecule has 5 rings (SSSR count). The molecular weight excluding hydrogens is 499 g/mol. The van der Waals surface area contributed by atoms with Crippen molar-refractivity contribution >= 4 is 24.0 Å². The summed E-state index contributed by atoms with van der Waals surface area (Å²) in [5.74, 6) is 0. The maximum atomic E-state index is 3.44. The van der Waals surface area contributed by atoms with Gasteiger partial charge < -0.3 is 0 Å². The smallest absolute Gasteiger partial charge is 0.263 e. The molecule has 0 bridgehead atoms. The molecule has 0 spiro atoms. The van der Waals surface area contributed by atoms with Crippen LogP contribution < -0.4 is 5.30 Å². The zero-order valence-corrected chi connectivity index (χ0v) is 26.1. The Bertz CT molecular complexity index is 1220. The maximum absolute atomic E-state index is 3.44. The van der Waals surface area contributed by atoms with Crippen molar-refractivity contribution in [1.82, 2.24) is 0 Å². The van der Waals surface area contributed by atoms with E-state index in [1.54, 1.807) is 0 Å². The van der Waals surface area contributed by atoms with Crippen LogP contribution in [0.4, 0.5) is 0 Å². The Hall–Kier alpha value is -2.11. The van der Waals surface area contributed by atoms with Crippen LogP contribution in [0, 0.1) is 11.5 Å². The Morgan fingerprint density at radius 3 is 1.59 bits per heavy atom. The minimum Gasteiger partial charge on any atom is -0.263 e. The van der Waals surface area contributed by atoms with Crippen molar-refractivity contribution in [2.75, 3.05) is 13.3 Å². The van der Waals surface area contributed by atoms with Crippen molar-refractivity contribution in [2.24, 2.45) is 5.41 Å². The van der Waals surface area contributed by atoms with E-state index in [0.29, 0.717) is 0 Å². The Labute approximate surface area is 241 Å². The van der Waals surface area contributed by atoms with Gasteiger partial charge in [-0.15, -0.1) is 55.2 Å². The fraction of sp³-hybridized carbons (Fsp3) is 0.286. The van der Waals surface area contributed by atoms with E-state index in [0.717, 1.165) is 12.8 Å². The van der Waals surface area contributed by atoms with Crippen molar-refractivity contribution in [3.63, 3.8) is 0 Å². The van der Waals surface area contributed by atoms with E-state index in [2.05, 4.69) is 151 Å². The van der Waals surface area contributed by atoms with Gasteiger partial charge in [-0.1, -0.05) is 99.8 Å². The number of hydrogen-bond donors (Lipinski definition) is 0. The first-order chi connectivity index (χ1) is 17.2. The fourth-order valence-electron chi connectivity index (χ4n) is 4.38. The molecule has 0 atom stereocenters. The molecule has 4 aromatic carbocycles. The Kier molecular flexibility index (Phi) is 12.4. The van der Waals surface area contributed by atoms with E-state index < -0.39 is 0 Å². The molecule has 0 aromatic heterocycles. The molecule has 0 nitrogen and oxygen atoms in total. The molecule has 1 aliphatic carbocycles. The van der Waals surface area contributed by atoms with E-state index >= 15 is 0 Å². The van der Waals surface area contributed by atoms with Gasteiger partial charge in [0.1, 0.15) is 0 Å². The first kappa shape index (κ1) is 31.1. The summed E-state index contributed by atoms with van der Waals surface area (Å²) in [6.45, 7) is 15.5. The minimum atomic E-state index is 0. The molecule has 0 fully saturated rings. The van der Waals surface area contributed by atoms with Crippen LogP contribution in [0.25, 0.3) is 10.8 Å². The van der Waals surface area contributed by atoms with Crippen LogP contribution in [0.1, 0.15) is 45.7 Å². The van der Waals surface area contributed by atoms with Gasteiger partial charge in [0.25, 0.3) is 0 Å². The van der Waals surface area contributed by atoms with Crippen LogP contribution in [0.3, 0.4) is 0 Å². The predicted molar refractivity (Wildman–Crippen MR) is 163 cm³/mol. The van der Waals surface area contributed by atoms with Gasteiger partial charge in [-0.2, -0.15) is 17.2 Å². The summed E-state index contributed by atoms with van der Waals surface area (Å²) < 4.78 is 0. The largest absolute Gasteiger partial charge is 2.00 e. The second-order valence-electron chi connectivity index (χ2n) is 10.3. The first-order valence-electron chi connectivity index (χ1n) is 12.9. The van der Waals surface area contributed by atoms with E-state index in [4.69, 9.17) is 0 Å². The van der Waals surface area contributed by atoms with Crippen molar-refractivity contribution in [2.45, 2.75) is 47.5 Å². The van der Waals surface area contributed by atoms with Crippen molar-refractivity contribution in [3.05, 3.63) is 131 Å². The van der Waals surface area contributed by atoms with Crippen molar-refractivity contribution in [1.29, 1.82) is 0 Å². The molecule has 0 amide bonds. The van der Waals surface area contributed by atoms with Gasteiger partial charge in [-0.25, -0.2) is 5.57 Å². The summed E-state index contributed by atoms with van der Waals surface area (Å²) in [5, 5.41) is 4.26. The van der Waals surface area contributed by atoms with E-state index in [9.17, 15) is 0 Å². The molecular formula is C35H41PTi. The number of hydrogen-bond acceptors (Lipinski definition) is 0. The second kappa shape index (κ2) is 14.7. The second-order valence-corrected chi connectivity index (χ2v) is 12.6. The number of benzene rings is 3. The van der Waals surface area contributed by atoms with Gasteiger partial charge in [-0.05, 0) is 37.3 Å². The van der Waals surface area contributed by atoms with Gasteiger partial charge in [0.15, 0.2) is 0 Å². The average Bonchev–Trinajstić information content (AvgIpc) is 3.40. The van der Waals surface area contributed by atoms with Gasteiger partial charge in [0.05, 0.1) is 0 Å². The number of rotatable bonds is 4. The molecule has 0 saturated carbocycles. The monoisotopic (exact) mass is 540 g/mol. The Morgan fingerprint density at radius 1 is 0.730 bits per heavy atom. The van der Waals surface area contributed by atoms with Crippen molar-refractivity contribution < 1.29 is 21.7 Å². The summed E-state index contributed by atoms with van der Waals surface area (Å²) >= 11 is 0. The van der Waals surface area contributed by atoms with Gasteiger partial charge in [0, 0.05) is 0 Å². The normalized spacial score (nSPS) is 13.8. The van der Waals surface area contributed by atoms with Crippen LogP contribution in [0.5, 0.6) is 0 Å². The third-order valence-corrected chi connectivity index (χ3v) is 8.36. The van der Waals surface area contributed by atoms with Crippen LogP contribution in [-0.2, 0) is 34.6 Å². The molecule has 0 unspecified atom stereocenters. The van der Waals surface area contributed by atoms with Crippen LogP contribution in [0.2, 0.25) is 0 Å². The predicted octanol–water partition coefficient (Wildman–Crippen LogP) is 9.51. The third-order valence-electron chi connectivity index (χ3n) is 7.07. The molecule has 0 radical (unpaired) electrons. The zero-order chi connectivity index (χ0) is 26.1.